The molecule has 0 aliphatic carbocycles. The highest BCUT2D eigenvalue weighted by molar-refractivity contribution is 6.32. The van der Waals surface area contributed by atoms with Crippen molar-refractivity contribution >= 4 is 29.1 Å². The molecular formula is C24H25Cl2FN4O. The van der Waals surface area contributed by atoms with E-state index in [0.29, 0.717) is 41.8 Å². The van der Waals surface area contributed by atoms with Gasteiger partial charge in [-0.05, 0) is 49.2 Å². The van der Waals surface area contributed by atoms with E-state index in [-0.39, 0.29) is 11.7 Å². The monoisotopic (exact) mass is 474 g/mol. The Labute approximate surface area is 197 Å². The van der Waals surface area contributed by atoms with Crippen molar-refractivity contribution in [3.05, 3.63) is 86.4 Å². The van der Waals surface area contributed by atoms with Gasteiger partial charge in [-0.15, -0.1) is 0 Å². The zero-order valence-corrected chi connectivity index (χ0v) is 19.6. The van der Waals surface area contributed by atoms with Crippen molar-refractivity contribution in [1.82, 2.24) is 19.6 Å². The first-order valence-corrected chi connectivity index (χ1v) is 11.3. The largest absolute Gasteiger partial charge is 0.336 e. The van der Waals surface area contributed by atoms with Crippen LogP contribution in [-0.4, -0.2) is 51.7 Å². The minimum atomic E-state index is -0.334. The van der Waals surface area contributed by atoms with Gasteiger partial charge in [0.05, 0.1) is 23.0 Å². The van der Waals surface area contributed by atoms with Crippen molar-refractivity contribution in [2.24, 2.45) is 0 Å². The number of piperazine rings is 1. The van der Waals surface area contributed by atoms with Crippen LogP contribution < -0.4 is 0 Å². The van der Waals surface area contributed by atoms with Crippen LogP contribution in [0, 0.1) is 19.7 Å². The Morgan fingerprint density at radius 1 is 1.00 bits per heavy atom. The number of rotatable bonds is 5. The summed E-state index contributed by atoms with van der Waals surface area (Å²) in [5, 5.41) is 5.59. The Morgan fingerprint density at radius 2 is 1.69 bits per heavy atom. The minimum Gasteiger partial charge on any atom is -0.336 e. The lowest BCUT2D eigenvalue weighted by molar-refractivity contribution is 0.0628. The standard InChI is InChI=1S/C24H25Cl2FN4O/c1-16-23(26)17(2)31(28-16)14-18-3-5-19(6-4-18)24(32)30-11-9-29(10-12-30)15-20-7-8-21(27)13-22(20)25/h3-8,13H,9-12,14-15H2,1-2H3. The molecule has 0 radical (unpaired) electrons. The summed E-state index contributed by atoms with van der Waals surface area (Å²) in [6.07, 6.45) is 0. The molecular weight excluding hydrogens is 450 g/mol. The van der Waals surface area contributed by atoms with Crippen molar-refractivity contribution < 1.29 is 9.18 Å². The molecule has 0 atom stereocenters. The second-order valence-electron chi connectivity index (χ2n) is 8.14. The van der Waals surface area contributed by atoms with E-state index in [1.807, 2.05) is 47.7 Å². The third kappa shape index (κ3) is 4.98. The molecule has 1 saturated heterocycles. The van der Waals surface area contributed by atoms with E-state index < -0.39 is 0 Å². The van der Waals surface area contributed by atoms with Crippen LogP contribution in [0.15, 0.2) is 42.5 Å². The van der Waals surface area contributed by atoms with E-state index in [1.54, 1.807) is 6.07 Å². The Morgan fingerprint density at radius 3 is 2.28 bits per heavy atom. The maximum Gasteiger partial charge on any atom is 0.253 e. The molecule has 32 heavy (non-hydrogen) atoms. The number of carbonyl (C=O) groups excluding carboxylic acids is 1. The van der Waals surface area contributed by atoms with Crippen molar-refractivity contribution in [1.29, 1.82) is 0 Å². The van der Waals surface area contributed by atoms with Gasteiger partial charge in [0.25, 0.3) is 5.91 Å². The number of aromatic nitrogens is 2. The van der Waals surface area contributed by atoms with Gasteiger partial charge in [-0.2, -0.15) is 5.10 Å². The van der Waals surface area contributed by atoms with Gasteiger partial charge < -0.3 is 4.90 Å². The summed E-state index contributed by atoms with van der Waals surface area (Å²) >= 11 is 12.4. The van der Waals surface area contributed by atoms with Gasteiger partial charge in [0.1, 0.15) is 5.82 Å². The molecule has 0 bridgehead atoms. The molecule has 1 aliphatic rings. The smallest absolute Gasteiger partial charge is 0.253 e. The maximum atomic E-state index is 13.2. The summed E-state index contributed by atoms with van der Waals surface area (Å²) < 4.78 is 15.1. The highest BCUT2D eigenvalue weighted by Crippen LogP contribution is 2.21. The molecule has 8 heteroatoms. The van der Waals surface area contributed by atoms with E-state index in [9.17, 15) is 9.18 Å². The zero-order chi connectivity index (χ0) is 22.8. The fourth-order valence-corrected chi connectivity index (χ4v) is 4.30. The molecule has 0 unspecified atom stereocenters. The van der Waals surface area contributed by atoms with Gasteiger partial charge in [-0.25, -0.2) is 4.39 Å². The fourth-order valence-electron chi connectivity index (χ4n) is 3.94. The topological polar surface area (TPSA) is 41.4 Å². The van der Waals surface area contributed by atoms with E-state index in [0.717, 1.165) is 35.6 Å². The van der Waals surface area contributed by atoms with Crippen LogP contribution in [0.3, 0.4) is 0 Å². The van der Waals surface area contributed by atoms with Crippen LogP contribution in [0.4, 0.5) is 4.39 Å². The Balaban J connectivity index is 1.33. The van der Waals surface area contributed by atoms with Crippen molar-refractivity contribution in [2.75, 3.05) is 26.2 Å². The Kier molecular flexibility index (Phi) is 6.84. The summed E-state index contributed by atoms with van der Waals surface area (Å²) in [5.74, 6) is -0.302. The van der Waals surface area contributed by atoms with Gasteiger partial charge in [0, 0.05) is 43.3 Å². The molecule has 2 aromatic carbocycles. The molecule has 4 rings (SSSR count). The number of carbonyl (C=O) groups is 1. The second-order valence-corrected chi connectivity index (χ2v) is 8.93. The Bertz CT molecular complexity index is 1120. The third-order valence-electron chi connectivity index (χ3n) is 5.89. The molecule has 1 aromatic heterocycles. The van der Waals surface area contributed by atoms with Crippen LogP contribution in [0.25, 0.3) is 0 Å². The number of halogens is 3. The molecule has 1 amide bonds. The van der Waals surface area contributed by atoms with E-state index >= 15 is 0 Å². The van der Waals surface area contributed by atoms with Crippen LogP contribution >= 0.6 is 23.2 Å². The molecule has 0 spiro atoms. The SMILES string of the molecule is Cc1nn(Cc2ccc(C(=O)N3CCN(Cc4ccc(F)cc4Cl)CC3)cc2)c(C)c1Cl. The predicted molar refractivity (Wildman–Crippen MR) is 125 cm³/mol. The number of hydrogen-bond acceptors (Lipinski definition) is 3. The molecule has 5 nitrogen and oxygen atoms in total. The van der Waals surface area contributed by atoms with Crippen molar-refractivity contribution in [2.45, 2.75) is 26.9 Å². The summed E-state index contributed by atoms with van der Waals surface area (Å²) in [4.78, 5) is 17.0. The molecule has 0 saturated carbocycles. The highest BCUT2D eigenvalue weighted by Gasteiger charge is 2.22. The first-order valence-electron chi connectivity index (χ1n) is 10.6. The summed E-state index contributed by atoms with van der Waals surface area (Å²) in [6.45, 7) is 7.87. The third-order valence-corrected chi connectivity index (χ3v) is 6.79. The van der Waals surface area contributed by atoms with E-state index in [1.165, 1.54) is 12.1 Å². The summed E-state index contributed by atoms with van der Waals surface area (Å²) in [7, 11) is 0. The quantitative estimate of drug-likeness (QED) is 0.525. The number of hydrogen-bond donors (Lipinski definition) is 0. The van der Waals surface area contributed by atoms with Crippen LogP contribution in [0.5, 0.6) is 0 Å². The second kappa shape index (κ2) is 9.61. The maximum absolute atomic E-state index is 13.2. The van der Waals surface area contributed by atoms with E-state index in [4.69, 9.17) is 23.2 Å². The van der Waals surface area contributed by atoms with Gasteiger partial charge in [0.2, 0.25) is 0 Å². The summed E-state index contributed by atoms with van der Waals surface area (Å²) in [5.41, 5.74) is 4.38. The van der Waals surface area contributed by atoms with Crippen LogP contribution in [0.1, 0.15) is 32.9 Å². The Hall–Kier alpha value is -2.41. The normalized spacial score (nSPS) is 14.7. The van der Waals surface area contributed by atoms with Gasteiger partial charge in [0.15, 0.2) is 0 Å². The van der Waals surface area contributed by atoms with Crippen molar-refractivity contribution in [3.8, 4) is 0 Å². The average molecular weight is 475 g/mol. The predicted octanol–water partition coefficient (Wildman–Crippen LogP) is 4.95. The molecule has 3 aromatic rings. The highest BCUT2D eigenvalue weighted by atomic mass is 35.5. The summed E-state index contributed by atoms with van der Waals surface area (Å²) in [6, 6.07) is 12.1. The molecule has 1 fully saturated rings. The average Bonchev–Trinajstić information content (AvgIpc) is 3.03. The molecule has 1 aliphatic heterocycles. The van der Waals surface area contributed by atoms with Crippen molar-refractivity contribution in [3.63, 3.8) is 0 Å². The minimum absolute atomic E-state index is 0.0326. The van der Waals surface area contributed by atoms with Gasteiger partial charge >= 0.3 is 0 Å². The molecule has 0 N–H and O–H groups in total. The van der Waals surface area contributed by atoms with Crippen LogP contribution in [-0.2, 0) is 13.1 Å². The van der Waals surface area contributed by atoms with Gasteiger partial charge in [-0.1, -0.05) is 41.4 Å². The first kappa shape index (κ1) is 22.8. The molecule has 2 heterocycles. The zero-order valence-electron chi connectivity index (χ0n) is 18.1. The number of amides is 1. The van der Waals surface area contributed by atoms with Crippen LogP contribution in [0.2, 0.25) is 10.0 Å². The molecule has 168 valence electrons. The number of nitrogens with zero attached hydrogens (tertiary/aromatic N) is 4. The fraction of sp³-hybridized carbons (Fsp3) is 0.333. The van der Waals surface area contributed by atoms with Gasteiger partial charge in [-0.3, -0.25) is 14.4 Å². The lowest BCUT2D eigenvalue weighted by Gasteiger charge is -2.35. The number of benzene rings is 2. The lowest BCUT2D eigenvalue weighted by Crippen LogP contribution is -2.48. The lowest BCUT2D eigenvalue weighted by atomic mass is 10.1. The first-order chi connectivity index (χ1) is 15.3. The van der Waals surface area contributed by atoms with E-state index in [2.05, 4.69) is 10.00 Å². The number of aryl methyl sites for hydroxylation is 1.